The lowest BCUT2D eigenvalue weighted by atomic mass is 10.0. The minimum absolute atomic E-state index is 0.0117. The van der Waals surface area contributed by atoms with Crippen LogP contribution in [0.5, 0.6) is 5.75 Å². The summed E-state index contributed by atoms with van der Waals surface area (Å²) < 4.78 is 5.15. The molecule has 9 heteroatoms. The van der Waals surface area contributed by atoms with Gasteiger partial charge >= 0.3 is 6.09 Å². The van der Waals surface area contributed by atoms with E-state index in [1.165, 1.54) is 19.1 Å². The third-order valence-corrected chi connectivity index (χ3v) is 4.28. The lowest BCUT2D eigenvalue weighted by Gasteiger charge is -2.23. The first kappa shape index (κ1) is 22.7. The SMILES string of the molecule is C[C@H](O)[C@@H](NC(=O)[C@@H](Cc1ccc(O)cc1)NC(=O)OCc1ccccc1)C(N)=O. The number of carbonyl (C=O) groups is 3. The van der Waals surface area contributed by atoms with Gasteiger partial charge in [0.25, 0.3) is 0 Å². The van der Waals surface area contributed by atoms with Crippen LogP contribution >= 0.6 is 0 Å². The number of nitrogens with one attached hydrogen (secondary N) is 2. The molecule has 2 rings (SSSR count). The number of hydrogen-bond acceptors (Lipinski definition) is 6. The molecule has 2 aromatic carbocycles. The van der Waals surface area contributed by atoms with Crippen molar-refractivity contribution in [1.29, 1.82) is 0 Å². The van der Waals surface area contributed by atoms with Gasteiger partial charge in [0.1, 0.15) is 24.4 Å². The van der Waals surface area contributed by atoms with E-state index in [1.54, 1.807) is 36.4 Å². The van der Waals surface area contributed by atoms with Gasteiger partial charge in [-0.25, -0.2) is 4.79 Å². The van der Waals surface area contributed by atoms with Gasteiger partial charge in [-0.05, 0) is 30.2 Å². The average molecular weight is 415 g/mol. The maximum Gasteiger partial charge on any atom is 0.408 e. The summed E-state index contributed by atoms with van der Waals surface area (Å²) in [7, 11) is 0. The van der Waals surface area contributed by atoms with E-state index in [0.29, 0.717) is 5.56 Å². The van der Waals surface area contributed by atoms with Crippen molar-refractivity contribution in [1.82, 2.24) is 10.6 Å². The van der Waals surface area contributed by atoms with Crippen LogP contribution in [0.15, 0.2) is 54.6 Å². The van der Waals surface area contributed by atoms with Crippen LogP contribution in [0.3, 0.4) is 0 Å². The number of carbonyl (C=O) groups excluding carboxylic acids is 3. The van der Waals surface area contributed by atoms with Crippen LogP contribution in [-0.2, 0) is 27.4 Å². The summed E-state index contributed by atoms with van der Waals surface area (Å²) in [6.45, 7) is 1.32. The number of phenols is 1. The Balaban J connectivity index is 2.09. The van der Waals surface area contributed by atoms with Gasteiger partial charge in [-0.3, -0.25) is 9.59 Å². The van der Waals surface area contributed by atoms with E-state index < -0.39 is 36.1 Å². The monoisotopic (exact) mass is 415 g/mol. The van der Waals surface area contributed by atoms with E-state index in [4.69, 9.17) is 10.5 Å². The Hall–Kier alpha value is -3.59. The van der Waals surface area contributed by atoms with E-state index in [0.717, 1.165) is 5.56 Å². The van der Waals surface area contributed by atoms with Crippen molar-refractivity contribution in [2.45, 2.75) is 38.1 Å². The third-order valence-electron chi connectivity index (χ3n) is 4.28. The molecule has 0 saturated carbocycles. The summed E-state index contributed by atoms with van der Waals surface area (Å²) in [6, 6.07) is 12.6. The fourth-order valence-corrected chi connectivity index (χ4v) is 2.67. The molecule has 9 nitrogen and oxygen atoms in total. The van der Waals surface area contributed by atoms with E-state index in [-0.39, 0.29) is 18.8 Å². The van der Waals surface area contributed by atoms with Crippen molar-refractivity contribution in [3.05, 3.63) is 65.7 Å². The number of aliphatic hydroxyl groups excluding tert-OH is 1. The molecule has 2 aromatic rings. The second-order valence-electron chi connectivity index (χ2n) is 6.76. The Labute approximate surface area is 173 Å². The first-order valence-electron chi connectivity index (χ1n) is 9.29. The molecule has 0 aliphatic heterocycles. The van der Waals surface area contributed by atoms with Crippen LogP contribution in [-0.4, -0.2) is 46.3 Å². The summed E-state index contributed by atoms with van der Waals surface area (Å²) in [4.78, 5) is 36.4. The lowest BCUT2D eigenvalue weighted by Crippen LogP contribution is -2.56. The molecular formula is C21H25N3O6. The van der Waals surface area contributed by atoms with Crippen molar-refractivity contribution in [3.8, 4) is 5.75 Å². The molecule has 0 aromatic heterocycles. The van der Waals surface area contributed by atoms with Gasteiger partial charge in [0.2, 0.25) is 11.8 Å². The highest BCUT2D eigenvalue weighted by Gasteiger charge is 2.29. The van der Waals surface area contributed by atoms with E-state index in [2.05, 4.69) is 10.6 Å². The van der Waals surface area contributed by atoms with E-state index in [1.807, 2.05) is 6.07 Å². The molecule has 160 valence electrons. The average Bonchev–Trinajstić information content (AvgIpc) is 2.71. The summed E-state index contributed by atoms with van der Waals surface area (Å²) >= 11 is 0. The molecule has 0 radical (unpaired) electrons. The Bertz CT molecular complexity index is 855. The van der Waals surface area contributed by atoms with Crippen LogP contribution in [0.1, 0.15) is 18.1 Å². The molecule has 0 aliphatic rings. The summed E-state index contributed by atoms with van der Waals surface area (Å²) in [5, 5.41) is 23.9. The number of primary amides is 1. The van der Waals surface area contributed by atoms with E-state index in [9.17, 15) is 24.6 Å². The molecule has 3 atom stereocenters. The molecule has 0 heterocycles. The van der Waals surface area contributed by atoms with Gasteiger partial charge in [-0.1, -0.05) is 42.5 Å². The zero-order valence-electron chi connectivity index (χ0n) is 16.4. The zero-order chi connectivity index (χ0) is 22.1. The summed E-state index contributed by atoms with van der Waals surface area (Å²) in [5.41, 5.74) is 6.63. The number of nitrogens with two attached hydrogens (primary N) is 1. The standard InChI is InChI=1S/C21H25N3O6/c1-13(25)18(19(22)27)24-20(28)17(11-14-7-9-16(26)10-8-14)23-21(29)30-12-15-5-3-2-4-6-15/h2-10,13,17-18,25-26H,11-12H2,1H3,(H2,22,27)(H,23,29)(H,24,28)/t13-,17+,18+/m0/s1. The number of aromatic hydroxyl groups is 1. The number of hydrogen-bond donors (Lipinski definition) is 5. The number of ether oxygens (including phenoxy) is 1. The minimum Gasteiger partial charge on any atom is -0.508 e. The molecule has 0 aliphatic carbocycles. The number of rotatable bonds is 9. The highest BCUT2D eigenvalue weighted by Crippen LogP contribution is 2.12. The highest BCUT2D eigenvalue weighted by molar-refractivity contribution is 5.91. The van der Waals surface area contributed by atoms with Crippen LogP contribution in [0.25, 0.3) is 0 Å². The lowest BCUT2D eigenvalue weighted by molar-refractivity contribution is -0.130. The normalized spacial score (nSPS) is 13.5. The molecule has 0 bridgehead atoms. The van der Waals surface area contributed by atoms with Gasteiger partial charge in [0, 0.05) is 6.42 Å². The van der Waals surface area contributed by atoms with Crippen molar-refractivity contribution >= 4 is 17.9 Å². The fourth-order valence-electron chi connectivity index (χ4n) is 2.67. The Morgan fingerprint density at radius 3 is 2.20 bits per heavy atom. The molecule has 0 unspecified atom stereocenters. The summed E-state index contributed by atoms with van der Waals surface area (Å²) in [5.74, 6) is -1.57. The van der Waals surface area contributed by atoms with Crippen molar-refractivity contribution in [2.24, 2.45) is 5.73 Å². The van der Waals surface area contributed by atoms with Crippen LogP contribution in [0.4, 0.5) is 4.79 Å². The summed E-state index contributed by atoms with van der Waals surface area (Å²) in [6.07, 6.45) is -1.99. The number of amides is 3. The predicted octanol–water partition coefficient (Wildman–Crippen LogP) is 0.581. The van der Waals surface area contributed by atoms with E-state index >= 15 is 0 Å². The van der Waals surface area contributed by atoms with Crippen LogP contribution in [0.2, 0.25) is 0 Å². The van der Waals surface area contributed by atoms with Gasteiger partial charge < -0.3 is 31.3 Å². The first-order chi connectivity index (χ1) is 14.3. The van der Waals surface area contributed by atoms with Crippen molar-refractivity contribution in [2.75, 3.05) is 0 Å². The second-order valence-corrected chi connectivity index (χ2v) is 6.76. The largest absolute Gasteiger partial charge is 0.508 e. The molecule has 6 N–H and O–H groups in total. The quantitative estimate of drug-likeness (QED) is 0.404. The zero-order valence-corrected chi connectivity index (χ0v) is 16.4. The molecule has 30 heavy (non-hydrogen) atoms. The van der Waals surface area contributed by atoms with Gasteiger partial charge in [0.15, 0.2) is 0 Å². The predicted molar refractivity (Wildman–Crippen MR) is 108 cm³/mol. The second kappa shape index (κ2) is 10.8. The Morgan fingerprint density at radius 1 is 1.00 bits per heavy atom. The van der Waals surface area contributed by atoms with Gasteiger partial charge in [-0.2, -0.15) is 0 Å². The van der Waals surface area contributed by atoms with Gasteiger partial charge in [0.05, 0.1) is 6.10 Å². The molecule has 0 saturated heterocycles. The van der Waals surface area contributed by atoms with Crippen molar-refractivity contribution < 1.29 is 29.3 Å². The Kier molecular flexibility index (Phi) is 8.18. The first-order valence-corrected chi connectivity index (χ1v) is 9.29. The van der Waals surface area contributed by atoms with Crippen LogP contribution in [0, 0.1) is 0 Å². The highest BCUT2D eigenvalue weighted by atomic mass is 16.5. The number of aliphatic hydroxyl groups is 1. The maximum absolute atomic E-state index is 12.7. The molecular weight excluding hydrogens is 390 g/mol. The smallest absolute Gasteiger partial charge is 0.408 e. The fraction of sp³-hybridized carbons (Fsp3) is 0.286. The number of alkyl carbamates (subject to hydrolysis) is 1. The third kappa shape index (κ3) is 7.10. The maximum atomic E-state index is 12.7. The topological polar surface area (TPSA) is 151 Å². The minimum atomic E-state index is -1.32. The Morgan fingerprint density at radius 2 is 1.63 bits per heavy atom. The molecule has 0 spiro atoms. The molecule has 0 fully saturated rings. The van der Waals surface area contributed by atoms with Gasteiger partial charge in [-0.15, -0.1) is 0 Å². The molecule has 3 amide bonds. The number of benzene rings is 2. The van der Waals surface area contributed by atoms with Crippen LogP contribution < -0.4 is 16.4 Å². The van der Waals surface area contributed by atoms with Crippen molar-refractivity contribution in [3.63, 3.8) is 0 Å². The number of phenolic OH excluding ortho intramolecular Hbond substituents is 1.